The number of rotatable bonds is 5. The number of piperidine rings is 1. The molecule has 0 bridgehead atoms. The van der Waals surface area contributed by atoms with Gasteiger partial charge in [0.1, 0.15) is 0 Å². The molecule has 1 N–H and O–H groups in total. The zero-order valence-corrected chi connectivity index (χ0v) is 12.3. The van der Waals surface area contributed by atoms with Gasteiger partial charge in [-0.25, -0.2) is 0 Å². The first-order valence-electron chi connectivity index (χ1n) is 8.18. The van der Waals surface area contributed by atoms with Crippen molar-refractivity contribution in [1.29, 1.82) is 0 Å². The molecule has 1 aliphatic carbocycles. The number of hydrogen-bond acceptors (Lipinski definition) is 2. The molecule has 0 amide bonds. The van der Waals surface area contributed by atoms with Gasteiger partial charge in [0.2, 0.25) is 0 Å². The molecule has 2 fully saturated rings. The predicted molar refractivity (Wildman–Crippen MR) is 76.6 cm³/mol. The Labute approximate surface area is 113 Å². The van der Waals surface area contributed by atoms with Crippen LogP contribution in [0.2, 0.25) is 0 Å². The zero-order valence-electron chi connectivity index (χ0n) is 12.3. The maximum Gasteiger partial charge on any atom is 0.0583 e. The molecule has 2 heteroatoms. The van der Waals surface area contributed by atoms with Gasteiger partial charge in [-0.3, -0.25) is 4.90 Å². The lowest BCUT2D eigenvalue weighted by molar-refractivity contribution is 0.0267. The monoisotopic (exact) mass is 253 g/mol. The minimum atomic E-state index is -0.0164. The molecule has 1 saturated heterocycles. The van der Waals surface area contributed by atoms with E-state index in [0.717, 1.165) is 12.3 Å². The normalized spacial score (nSPS) is 34.3. The number of aliphatic hydroxyl groups is 1. The van der Waals surface area contributed by atoms with Crippen LogP contribution in [0.15, 0.2) is 0 Å². The van der Waals surface area contributed by atoms with Crippen molar-refractivity contribution in [3.05, 3.63) is 0 Å². The van der Waals surface area contributed by atoms with Crippen LogP contribution in [0.3, 0.4) is 0 Å². The highest BCUT2D eigenvalue weighted by Gasteiger charge is 2.37. The lowest BCUT2D eigenvalue weighted by atomic mass is 9.86. The van der Waals surface area contributed by atoms with Gasteiger partial charge < -0.3 is 5.11 Å². The molecule has 2 rings (SSSR count). The van der Waals surface area contributed by atoms with E-state index in [1.54, 1.807) is 0 Å². The lowest BCUT2D eigenvalue weighted by Gasteiger charge is -2.41. The van der Waals surface area contributed by atoms with Gasteiger partial charge in [-0.2, -0.15) is 0 Å². The van der Waals surface area contributed by atoms with Gasteiger partial charge in [-0.1, -0.05) is 39.5 Å². The Hall–Kier alpha value is -0.0800. The molecular formula is C16H31NO. The van der Waals surface area contributed by atoms with Gasteiger partial charge in [0, 0.05) is 18.5 Å². The van der Waals surface area contributed by atoms with Crippen molar-refractivity contribution >= 4 is 0 Å². The third kappa shape index (κ3) is 3.27. The van der Waals surface area contributed by atoms with Crippen molar-refractivity contribution in [1.82, 2.24) is 4.90 Å². The molecule has 1 heterocycles. The summed E-state index contributed by atoms with van der Waals surface area (Å²) in [4.78, 5) is 2.72. The summed E-state index contributed by atoms with van der Waals surface area (Å²) in [5.74, 6) is 1.42. The fraction of sp³-hybridized carbons (Fsp3) is 1.00. The van der Waals surface area contributed by atoms with Crippen LogP contribution in [0.1, 0.15) is 65.2 Å². The van der Waals surface area contributed by atoms with Gasteiger partial charge in [-0.05, 0) is 38.1 Å². The SMILES string of the molecule is CCC(CC)CN1CCCCC1C1CCCC1O. The lowest BCUT2D eigenvalue weighted by Crippen LogP contribution is -2.48. The minimum Gasteiger partial charge on any atom is -0.393 e. The smallest absolute Gasteiger partial charge is 0.0583 e. The maximum atomic E-state index is 10.2. The summed E-state index contributed by atoms with van der Waals surface area (Å²) in [6.45, 7) is 7.17. The van der Waals surface area contributed by atoms with Crippen LogP contribution >= 0.6 is 0 Å². The van der Waals surface area contributed by atoms with E-state index in [2.05, 4.69) is 18.7 Å². The second-order valence-electron chi connectivity index (χ2n) is 6.40. The van der Waals surface area contributed by atoms with Crippen molar-refractivity contribution in [3.63, 3.8) is 0 Å². The molecule has 3 unspecified atom stereocenters. The molecule has 0 aromatic carbocycles. The summed E-state index contributed by atoms with van der Waals surface area (Å²) in [7, 11) is 0. The molecule has 0 aromatic heterocycles. The fourth-order valence-corrected chi connectivity index (χ4v) is 4.02. The molecule has 1 aliphatic heterocycles. The molecular weight excluding hydrogens is 222 g/mol. The topological polar surface area (TPSA) is 23.5 Å². The van der Waals surface area contributed by atoms with Crippen LogP contribution in [0.4, 0.5) is 0 Å². The average molecular weight is 253 g/mol. The van der Waals surface area contributed by atoms with E-state index >= 15 is 0 Å². The van der Waals surface area contributed by atoms with E-state index in [1.807, 2.05) is 0 Å². The Morgan fingerprint density at radius 3 is 2.44 bits per heavy atom. The van der Waals surface area contributed by atoms with E-state index in [1.165, 1.54) is 58.0 Å². The van der Waals surface area contributed by atoms with Crippen LogP contribution in [0.25, 0.3) is 0 Å². The Morgan fingerprint density at radius 1 is 1.06 bits per heavy atom. The molecule has 106 valence electrons. The molecule has 2 nitrogen and oxygen atoms in total. The summed E-state index contributed by atoms with van der Waals surface area (Å²) in [6.07, 6.45) is 10.2. The van der Waals surface area contributed by atoms with Gasteiger partial charge >= 0.3 is 0 Å². The summed E-state index contributed by atoms with van der Waals surface area (Å²) in [6, 6.07) is 0.678. The van der Waals surface area contributed by atoms with Crippen LogP contribution in [-0.4, -0.2) is 35.2 Å². The quantitative estimate of drug-likeness (QED) is 0.811. The molecule has 2 aliphatic rings. The van der Waals surface area contributed by atoms with Gasteiger partial charge in [0.15, 0.2) is 0 Å². The van der Waals surface area contributed by atoms with Crippen molar-refractivity contribution < 1.29 is 5.11 Å². The zero-order chi connectivity index (χ0) is 13.0. The van der Waals surface area contributed by atoms with E-state index < -0.39 is 0 Å². The van der Waals surface area contributed by atoms with Gasteiger partial charge in [-0.15, -0.1) is 0 Å². The first-order chi connectivity index (χ1) is 8.76. The third-order valence-corrected chi connectivity index (χ3v) is 5.34. The standard InChI is InChI=1S/C16H31NO/c1-3-13(4-2)12-17-11-6-5-9-15(17)14-8-7-10-16(14)18/h13-16,18H,3-12H2,1-2H3. The van der Waals surface area contributed by atoms with Crippen molar-refractivity contribution in [2.45, 2.75) is 77.4 Å². The first kappa shape index (κ1) is 14.3. The first-order valence-corrected chi connectivity index (χ1v) is 8.18. The summed E-state index contributed by atoms with van der Waals surface area (Å²) < 4.78 is 0. The minimum absolute atomic E-state index is 0.0164. The summed E-state index contributed by atoms with van der Waals surface area (Å²) in [5, 5.41) is 10.2. The van der Waals surface area contributed by atoms with Gasteiger partial charge in [0.05, 0.1) is 6.10 Å². The Bertz CT molecular complexity index is 239. The highest BCUT2D eigenvalue weighted by Crippen LogP contribution is 2.35. The second kappa shape index (κ2) is 6.91. The molecule has 3 atom stereocenters. The second-order valence-corrected chi connectivity index (χ2v) is 6.40. The number of nitrogens with zero attached hydrogens (tertiary/aromatic N) is 1. The van der Waals surface area contributed by atoms with Gasteiger partial charge in [0.25, 0.3) is 0 Å². The molecule has 18 heavy (non-hydrogen) atoms. The van der Waals surface area contributed by atoms with Crippen LogP contribution in [0, 0.1) is 11.8 Å². The fourth-order valence-electron chi connectivity index (χ4n) is 4.02. The highest BCUT2D eigenvalue weighted by atomic mass is 16.3. The van der Waals surface area contributed by atoms with Crippen molar-refractivity contribution in [2.24, 2.45) is 11.8 Å². The van der Waals surface area contributed by atoms with Crippen LogP contribution < -0.4 is 0 Å². The predicted octanol–water partition coefficient (Wildman–Crippen LogP) is 3.44. The largest absolute Gasteiger partial charge is 0.393 e. The average Bonchev–Trinajstić information content (AvgIpc) is 2.82. The van der Waals surface area contributed by atoms with Crippen molar-refractivity contribution in [3.8, 4) is 0 Å². The van der Waals surface area contributed by atoms with Crippen LogP contribution in [-0.2, 0) is 0 Å². The molecule has 0 spiro atoms. The summed E-state index contributed by atoms with van der Waals surface area (Å²) in [5.41, 5.74) is 0. The van der Waals surface area contributed by atoms with E-state index in [4.69, 9.17) is 0 Å². The molecule has 0 radical (unpaired) electrons. The third-order valence-electron chi connectivity index (χ3n) is 5.34. The van der Waals surface area contributed by atoms with E-state index in [0.29, 0.717) is 12.0 Å². The van der Waals surface area contributed by atoms with E-state index in [9.17, 15) is 5.11 Å². The Balaban J connectivity index is 1.96. The highest BCUT2D eigenvalue weighted by molar-refractivity contribution is 4.90. The summed E-state index contributed by atoms with van der Waals surface area (Å²) >= 11 is 0. The Kier molecular flexibility index (Phi) is 5.50. The van der Waals surface area contributed by atoms with Crippen LogP contribution in [0.5, 0.6) is 0 Å². The number of likely N-dealkylation sites (tertiary alicyclic amines) is 1. The molecule has 0 aromatic rings. The van der Waals surface area contributed by atoms with Crippen molar-refractivity contribution in [2.75, 3.05) is 13.1 Å². The molecule has 1 saturated carbocycles. The Morgan fingerprint density at radius 2 is 1.83 bits per heavy atom. The number of aliphatic hydroxyl groups excluding tert-OH is 1. The number of hydrogen-bond donors (Lipinski definition) is 1. The van der Waals surface area contributed by atoms with E-state index in [-0.39, 0.29) is 6.10 Å². The maximum absolute atomic E-state index is 10.2.